The van der Waals surface area contributed by atoms with Crippen molar-refractivity contribution in [3.63, 3.8) is 0 Å². The van der Waals surface area contributed by atoms with Gasteiger partial charge in [0.05, 0.1) is 12.8 Å². The number of ether oxygens (including phenoxy) is 1. The van der Waals surface area contributed by atoms with Crippen molar-refractivity contribution in [1.82, 2.24) is 25.5 Å². The van der Waals surface area contributed by atoms with Crippen molar-refractivity contribution >= 4 is 24.2 Å². The summed E-state index contributed by atoms with van der Waals surface area (Å²) in [6, 6.07) is 18.0. The molecule has 0 saturated heterocycles. The molecule has 0 radical (unpaired) electrons. The van der Waals surface area contributed by atoms with Crippen molar-refractivity contribution in [3.8, 4) is 11.4 Å². The molecule has 0 aliphatic carbocycles. The maximum Gasteiger partial charge on any atom is 0.214 e. The van der Waals surface area contributed by atoms with Crippen LogP contribution in [0.15, 0.2) is 59.8 Å². The Morgan fingerprint density at radius 3 is 2.56 bits per heavy atom. The summed E-state index contributed by atoms with van der Waals surface area (Å²) in [5.74, 6) is 1.77. The van der Waals surface area contributed by atoms with Gasteiger partial charge in [-0.05, 0) is 40.3 Å². The van der Waals surface area contributed by atoms with E-state index < -0.39 is 0 Å². The lowest BCUT2D eigenvalue weighted by Gasteiger charge is -2.06. The standard InChI is InChI=1S/C17H19N5OS.ClH/c1-23-16-9-7-14(8-10-16)13-18-11-12-24-17-19-20-21-22(17)15-5-3-2-4-6-15;/h2-10,18H,11-13H2,1H3;1H. The zero-order chi connectivity index (χ0) is 16.6. The minimum Gasteiger partial charge on any atom is -0.497 e. The smallest absolute Gasteiger partial charge is 0.214 e. The van der Waals surface area contributed by atoms with Gasteiger partial charge >= 0.3 is 0 Å². The Morgan fingerprint density at radius 1 is 1.08 bits per heavy atom. The molecule has 0 spiro atoms. The minimum atomic E-state index is 0. The monoisotopic (exact) mass is 377 g/mol. The summed E-state index contributed by atoms with van der Waals surface area (Å²) in [5.41, 5.74) is 2.20. The van der Waals surface area contributed by atoms with Crippen LogP contribution >= 0.6 is 24.2 Å². The second kappa shape index (κ2) is 10.0. The van der Waals surface area contributed by atoms with Crippen molar-refractivity contribution in [3.05, 3.63) is 60.2 Å². The van der Waals surface area contributed by atoms with Crippen molar-refractivity contribution in [1.29, 1.82) is 0 Å². The molecule has 0 aliphatic heterocycles. The van der Waals surface area contributed by atoms with Gasteiger partial charge in [-0.1, -0.05) is 42.1 Å². The van der Waals surface area contributed by atoms with Gasteiger partial charge in [0.2, 0.25) is 5.16 Å². The van der Waals surface area contributed by atoms with Crippen LogP contribution in [0.25, 0.3) is 5.69 Å². The van der Waals surface area contributed by atoms with Gasteiger partial charge in [-0.15, -0.1) is 17.5 Å². The number of nitrogens with one attached hydrogen (secondary N) is 1. The number of nitrogens with zero attached hydrogens (tertiary/aromatic N) is 4. The Balaban J connectivity index is 0.00000225. The Bertz CT molecular complexity index is 751. The molecule has 1 N–H and O–H groups in total. The first-order chi connectivity index (χ1) is 11.9. The summed E-state index contributed by atoms with van der Waals surface area (Å²) in [7, 11) is 1.67. The lowest BCUT2D eigenvalue weighted by molar-refractivity contribution is 0.414. The topological polar surface area (TPSA) is 64.9 Å². The van der Waals surface area contributed by atoms with E-state index in [4.69, 9.17) is 4.74 Å². The Labute approximate surface area is 157 Å². The summed E-state index contributed by atoms with van der Waals surface area (Å²) in [6.07, 6.45) is 0. The number of rotatable bonds is 8. The normalized spacial score (nSPS) is 10.3. The van der Waals surface area contributed by atoms with Gasteiger partial charge in [-0.25, -0.2) is 0 Å². The molecule has 3 aromatic rings. The third kappa shape index (κ3) is 5.45. The number of methoxy groups -OCH3 is 1. The van der Waals surface area contributed by atoms with E-state index in [2.05, 4.69) is 33.0 Å². The van der Waals surface area contributed by atoms with Crippen molar-refractivity contribution < 1.29 is 4.74 Å². The molecular weight excluding hydrogens is 358 g/mol. The molecular formula is C17H20ClN5OS. The number of aromatic nitrogens is 4. The van der Waals surface area contributed by atoms with Crippen LogP contribution in [0.1, 0.15) is 5.56 Å². The van der Waals surface area contributed by atoms with E-state index in [0.717, 1.165) is 35.4 Å². The third-order valence-corrected chi connectivity index (χ3v) is 4.36. The lowest BCUT2D eigenvalue weighted by Crippen LogP contribution is -2.16. The van der Waals surface area contributed by atoms with Gasteiger partial charge in [0.15, 0.2) is 0 Å². The molecule has 1 aromatic heterocycles. The zero-order valence-corrected chi connectivity index (χ0v) is 15.5. The molecule has 0 bridgehead atoms. The number of hydrogen-bond acceptors (Lipinski definition) is 6. The molecule has 0 fully saturated rings. The predicted molar refractivity (Wildman–Crippen MR) is 102 cm³/mol. The van der Waals surface area contributed by atoms with Crippen LogP contribution < -0.4 is 10.1 Å². The molecule has 0 atom stereocenters. The van der Waals surface area contributed by atoms with Crippen LogP contribution in [-0.4, -0.2) is 39.6 Å². The summed E-state index contributed by atoms with van der Waals surface area (Å²) in [6.45, 7) is 1.70. The van der Waals surface area contributed by atoms with Crippen LogP contribution in [0.4, 0.5) is 0 Å². The summed E-state index contributed by atoms with van der Waals surface area (Å²) in [5, 5.41) is 16.1. The van der Waals surface area contributed by atoms with E-state index in [9.17, 15) is 0 Å². The van der Waals surface area contributed by atoms with Crippen LogP contribution in [-0.2, 0) is 6.54 Å². The van der Waals surface area contributed by atoms with E-state index in [0.29, 0.717) is 0 Å². The molecule has 6 nitrogen and oxygen atoms in total. The SMILES string of the molecule is COc1ccc(CNCCSc2nnnn2-c2ccccc2)cc1.Cl. The van der Waals surface area contributed by atoms with E-state index in [-0.39, 0.29) is 12.4 Å². The van der Waals surface area contributed by atoms with Crippen molar-refractivity contribution in [2.45, 2.75) is 11.7 Å². The van der Waals surface area contributed by atoms with Gasteiger partial charge in [0.25, 0.3) is 0 Å². The molecule has 2 aromatic carbocycles. The Hall–Kier alpha value is -2.09. The first kappa shape index (κ1) is 19.2. The summed E-state index contributed by atoms with van der Waals surface area (Å²) >= 11 is 1.63. The van der Waals surface area contributed by atoms with E-state index in [1.165, 1.54) is 5.56 Å². The van der Waals surface area contributed by atoms with Crippen LogP contribution in [0, 0.1) is 0 Å². The largest absolute Gasteiger partial charge is 0.497 e. The first-order valence-electron chi connectivity index (χ1n) is 7.67. The van der Waals surface area contributed by atoms with Crippen molar-refractivity contribution in [2.75, 3.05) is 19.4 Å². The highest BCUT2D eigenvalue weighted by Gasteiger charge is 2.07. The number of thioether (sulfide) groups is 1. The molecule has 0 amide bonds. The van der Waals surface area contributed by atoms with Gasteiger partial charge in [0.1, 0.15) is 5.75 Å². The summed E-state index contributed by atoms with van der Waals surface area (Å²) in [4.78, 5) is 0. The Morgan fingerprint density at radius 2 is 1.84 bits per heavy atom. The quantitative estimate of drug-likeness (QED) is 0.481. The minimum absolute atomic E-state index is 0. The number of tetrazole rings is 1. The highest BCUT2D eigenvalue weighted by Crippen LogP contribution is 2.17. The highest BCUT2D eigenvalue weighted by molar-refractivity contribution is 7.99. The van der Waals surface area contributed by atoms with Crippen LogP contribution in [0.5, 0.6) is 5.75 Å². The highest BCUT2D eigenvalue weighted by atomic mass is 35.5. The molecule has 0 saturated carbocycles. The van der Waals surface area contributed by atoms with E-state index in [1.807, 2.05) is 42.5 Å². The molecule has 3 rings (SSSR count). The maximum atomic E-state index is 5.16. The molecule has 0 unspecified atom stereocenters. The van der Waals surface area contributed by atoms with Crippen LogP contribution in [0.2, 0.25) is 0 Å². The van der Waals surface area contributed by atoms with Crippen molar-refractivity contribution in [2.24, 2.45) is 0 Å². The second-order valence-electron chi connectivity index (χ2n) is 5.08. The molecule has 1 heterocycles. The van der Waals surface area contributed by atoms with E-state index >= 15 is 0 Å². The molecule has 8 heteroatoms. The zero-order valence-electron chi connectivity index (χ0n) is 13.8. The fraction of sp³-hybridized carbons (Fsp3) is 0.235. The molecule has 132 valence electrons. The van der Waals surface area contributed by atoms with Gasteiger partial charge in [-0.2, -0.15) is 4.68 Å². The average Bonchev–Trinajstić information content (AvgIpc) is 3.11. The average molecular weight is 378 g/mol. The number of halogens is 1. The maximum absolute atomic E-state index is 5.16. The molecule has 0 aliphatic rings. The third-order valence-electron chi connectivity index (χ3n) is 3.44. The van der Waals surface area contributed by atoms with Gasteiger partial charge in [0, 0.05) is 18.8 Å². The number of benzene rings is 2. The van der Waals surface area contributed by atoms with Crippen LogP contribution in [0.3, 0.4) is 0 Å². The second-order valence-corrected chi connectivity index (χ2v) is 6.14. The Kier molecular flexibility index (Phi) is 7.72. The molecule has 25 heavy (non-hydrogen) atoms. The first-order valence-corrected chi connectivity index (χ1v) is 8.65. The van der Waals surface area contributed by atoms with Gasteiger partial charge < -0.3 is 10.1 Å². The number of para-hydroxylation sites is 1. The fourth-order valence-electron chi connectivity index (χ4n) is 2.19. The number of hydrogen-bond donors (Lipinski definition) is 1. The van der Waals surface area contributed by atoms with E-state index in [1.54, 1.807) is 23.6 Å². The summed E-state index contributed by atoms with van der Waals surface area (Å²) < 4.78 is 6.91. The lowest BCUT2D eigenvalue weighted by atomic mass is 10.2. The predicted octanol–water partition coefficient (Wildman–Crippen LogP) is 2.97. The van der Waals surface area contributed by atoms with Gasteiger partial charge in [-0.3, -0.25) is 0 Å². The fourth-order valence-corrected chi connectivity index (χ4v) is 2.98.